The van der Waals surface area contributed by atoms with Gasteiger partial charge in [-0.2, -0.15) is 5.10 Å². The Bertz CT molecular complexity index is 1270. The molecule has 2 aromatic carbocycles. The van der Waals surface area contributed by atoms with Crippen molar-refractivity contribution in [2.45, 2.75) is 52.1 Å². The lowest BCUT2D eigenvalue weighted by molar-refractivity contribution is -0.222. The van der Waals surface area contributed by atoms with Gasteiger partial charge in [-0.15, -0.1) is 0 Å². The Morgan fingerprint density at radius 3 is 2.53 bits per heavy atom. The van der Waals surface area contributed by atoms with Gasteiger partial charge in [0, 0.05) is 25.2 Å². The van der Waals surface area contributed by atoms with Crippen molar-refractivity contribution in [2.75, 3.05) is 0 Å². The van der Waals surface area contributed by atoms with Gasteiger partial charge in [0.2, 0.25) is 5.91 Å². The second-order valence-corrected chi connectivity index (χ2v) is 9.95. The zero-order valence-corrected chi connectivity index (χ0v) is 18.1. The summed E-state index contributed by atoms with van der Waals surface area (Å²) in [5.41, 5.74) is 3.50. The first-order valence-electron chi connectivity index (χ1n) is 11.0. The zero-order valence-electron chi connectivity index (χ0n) is 18.1. The summed E-state index contributed by atoms with van der Waals surface area (Å²) in [6.07, 6.45) is 4.59. The quantitative estimate of drug-likeness (QED) is 0.576. The molecular formula is C25H24F2N4O. The third kappa shape index (κ3) is 2.76. The molecule has 3 aromatic rings. The van der Waals surface area contributed by atoms with Crippen molar-refractivity contribution in [1.82, 2.24) is 14.6 Å². The molecular weight excluding hydrogens is 410 g/mol. The molecule has 1 amide bonds. The summed E-state index contributed by atoms with van der Waals surface area (Å²) in [5, 5.41) is 5.74. The number of halogens is 2. The third-order valence-electron chi connectivity index (χ3n) is 7.49. The molecule has 3 fully saturated rings. The van der Waals surface area contributed by atoms with E-state index in [1.807, 2.05) is 6.92 Å². The Labute approximate surface area is 184 Å². The minimum absolute atomic E-state index is 0.0226. The van der Waals surface area contributed by atoms with Gasteiger partial charge >= 0.3 is 0 Å². The normalized spacial score (nSPS) is 28.1. The number of fused-ring (bicyclic) bond motifs is 1. The number of hydrazone groups is 1. The maximum atomic E-state index is 13.7. The first kappa shape index (κ1) is 19.6. The summed E-state index contributed by atoms with van der Waals surface area (Å²) in [5.74, 6) is -0.303. The van der Waals surface area contributed by atoms with E-state index >= 15 is 0 Å². The smallest absolute Gasteiger partial charge is 0.249 e. The maximum absolute atomic E-state index is 13.7. The number of hydrogen-bond donors (Lipinski definition) is 0. The van der Waals surface area contributed by atoms with Crippen molar-refractivity contribution < 1.29 is 13.6 Å². The largest absolute Gasteiger partial charge is 0.328 e. The average Bonchev–Trinajstić information content (AvgIpc) is 3.26. The minimum atomic E-state index is -0.637. The van der Waals surface area contributed by atoms with E-state index in [0.717, 1.165) is 48.7 Å². The second kappa shape index (κ2) is 6.47. The number of aromatic nitrogens is 2. The molecule has 32 heavy (non-hydrogen) atoms. The average molecular weight is 434 g/mol. The van der Waals surface area contributed by atoms with E-state index in [4.69, 9.17) is 4.98 Å². The molecule has 0 radical (unpaired) electrons. The summed E-state index contributed by atoms with van der Waals surface area (Å²) >= 11 is 0. The Kier molecular flexibility index (Phi) is 3.96. The number of nitrogens with zero attached hydrogens (tertiary/aromatic N) is 4. The van der Waals surface area contributed by atoms with Crippen molar-refractivity contribution in [1.29, 1.82) is 0 Å². The molecule has 0 spiro atoms. The van der Waals surface area contributed by atoms with Crippen LogP contribution < -0.4 is 0 Å². The number of carbonyl (C=O) groups is 1. The summed E-state index contributed by atoms with van der Waals surface area (Å²) in [6.45, 7) is 4.95. The van der Waals surface area contributed by atoms with E-state index in [-0.39, 0.29) is 11.3 Å². The fraction of sp³-hybridized carbons (Fsp3) is 0.400. The van der Waals surface area contributed by atoms with Crippen LogP contribution in [0.4, 0.5) is 8.78 Å². The molecule has 3 saturated carbocycles. The van der Waals surface area contributed by atoms with Crippen molar-refractivity contribution >= 4 is 23.2 Å². The predicted octanol–water partition coefficient (Wildman–Crippen LogP) is 5.06. The topological polar surface area (TPSA) is 50.5 Å². The van der Waals surface area contributed by atoms with E-state index in [1.54, 1.807) is 6.21 Å². The molecule has 1 aromatic heterocycles. The van der Waals surface area contributed by atoms with Gasteiger partial charge in [-0.1, -0.05) is 6.07 Å². The lowest BCUT2D eigenvalue weighted by Gasteiger charge is -2.70. The number of imidazole rings is 1. The molecule has 1 aliphatic heterocycles. The lowest BCUT2D eigenvalue weighted by Crippen LogP contribution is -2.68. The van der Waals surface area contributed by atoms with Gasteiger partial charge in [-0.25, -0.2) is 18.8 Å². The van der Waals surface area contributed by atoms with Gasteiger partial charge in [0.05, 0.1) is 22.5 Å². The third-order valence-corrected chi connectivity index (χ3v) is 7.49. The van der Waals surface area contributed by atoms with Gasteiger partial charge in [-0.3, -0.25) is 4.79 Å². The first-order valence-corrected chi connectivity index (χ1v) is 11.0. The van der Waals surface area contributed by atoms with Gasteiger partial charge in [0.1, 0.15) is 17.5 Å². The molecule has 2 heterocycles. The van der Waals surface area contributed by atoms with Crippen molar-refractivity contribution in [3.63, 3.8) is 0 Å². The predicted molar refractivity (Wildman–Crippen MR) is 117 cm³/mol. The molecule has 2 bridgehead atoms. The molecule has 3 aliphatic carbocycles. The number of aryl methyl sites for hydroxylation is 2. The van der Waals surface area contributed by atoms with Gasteiger partial charge < -0.3 is 4.57 Å². The zero-order chi connectivity index (χ0) is 22.3. The first-order chi connectivity index (χ1) is 15.3. The minimum Gasteiger partial charge on any atom is -0.328 e. The van der Waals surface area contributed by atoms with Crippen molar-refractivity contribution in [3.05, 3.63) is 65.0 Å². The second-order valence-electron chi connectivity index (χ2n) is 9.95. The van der Waals surface area contributed by atoms with Crippen LogP contribution in [0, 0.1) is 36.3 Å². The van der Waals surface area contributed by atoms with Crippen LogP contribution in [-0.2, 0) is 11.3 Å². The standard InChI is InChI=1S/C25H24F2N4O/c1-15-3-4-22-20(7-15)29-16(2)30(22)14-24-11-25(12-24,13-24)23(32)31-21(5-6-28-31)17-8-18(26)10-19(27)9-17/h3-4,6-10,21H,5,11-14H2,1-2H3. The molecule has 0 saturated heterocycles. The van der Waals surface area contributed by atoms with E-state index < -0.39 is 23.1 Å². The van der Waals surface area contributed by atoms with Crippen LogP contribution in [0.25, 0.3) is 11.0 Å². The van der Waals surface area contributed by atoms with Crippen LogP contribution in [0.1, 0.15) is 48.7 Å². The summed E-state index contributed by atoms with van der Waals surface area (Å²) in [7, 11) is 0. The van der Waals surface area contributed by atoms with Gasteiger partial charge in [-0.05, 0) is 73.9 Å². The SMILES string of the molecule is Cc1ccc2c(c1)nc(C)n2CC12CC(C(=O)N3N=CCC3c3cc(F)cc(F)c3)(C1)C2. The van der Waals surface area contributed by atoms with Crippen molar-refractivity contribution in [2.24, 2.45) is 15.9 Å². The van der Waals surface area contributed by atoms with Crippen LogP contribution in [0.3, 0.4) is 0 Å². The summed E-state index contributed by atoms with van der Waals surface area (Å²) in [6, 6.07) is 9.32. The highest BCUT2D eigenvalue weighted by molar-refractivity contribution is 5.88. The molecule has 1 atom stereocenters. The van der Waals surface area contributed by atoms with Crippen molar-refractivity contribution in [3.8, 4) is 0 Å². The Hall–Kier alpha value is -3.09. The number of amides is 1. The highest BCUT2D eigenvalue weighted by Crippen LogP contribution is 2.75. The number of carbonyl (C=O) groups excluding carboxylic acids is 1. The van der Waals surface area contributed by atoms with Crippen LogP contribution in [0.15, 0.2) is 41.5 Å². The molecule has 5 nitrogen and oxygen atoms in total. The molecule has 164 valence electrons. The van der Waals surface area contributed by atoms with Gasteiger partial charge in [0.25, 0.3) is 0 Å². The van der Waals surface area contributed by atoms with Gasteiger partial charge in [0.15, 0.2) is 0 Å². The Morgan fingerprint density at radius 1 is 1.09 bits per heavy atom. The van der Waals surface area contributed by atoms with Crippen LogP contribution >= 0.6 is 0 Å². The number of benzene rings is 2. The monoisotopic (exact) mass is 434 g/mol. The molecule has 7 heteroatoms. The van der Waals surface area contributed by atoms with E-state index in [2.05, 4.69) is 34.8 Å². The van der Waals surface area contributed by atoms with E-state index in [1.165, 1.54) is 22.7 Å². The number of hydrogen-bond acceptors (Lipinski definition) is 3. The van der Waals surface area contributed by atoms with Crippen LogP contribution in [0.2, 0.25) is 0 Å². The Morgan fingerprint density at radius 2 is 1.81 bits per heavy atom. The molecule has 0 N–H and O–H groups in total. The highest BCUT2D eigenvalue weighted by Gasteiger charge is 2.72. The van der Waals surface area contributed by atoms with E-state index in [9.17, 15) is 13.6 Å². The molecule has 1 unspecified atom stereocenters. The lowest BCUT2D eigenvalue weighted by atomic mass is 9.34. The Balaban J connectivity index is 1.19. The highest BCUT2D eigenvalue weighted by atomic mass is 19.1. The van der Waals surface area contributed by atoms with Crippen LogP contribution in [0.5, 0.6) is 0 Å². The number of rotatable bonds is 4. The molecule has 4 aliphatic rings. The van der Waals surface area contributed by atoms with E-state index in [0.29, 0.717) is 12.0 Å². The summed E-state index contributed by atoms with van der Waals surface area (Å²) in [4.78, 5) is 18.1. The molecule has 7 rings (SSSR count). The fourth-order valence-electron chi connectivity index (χ4n) is 6.19. The fourth-order valence-corrected chi connectivity index (χ4v) is 6.19. The summed E-state index contributed by atoms with van der Waals surface area (Å²) < 4.78 is 29.7. The maximum Gasteiger partial charge on any atom is 0.249 e. The van der Waals surface area contributed by atoms with Crippen LogP contribution in [-0.4, -0.2) is 26.7 Å².